The van der Waals surface area contributed by atoms with Crippen molar-refractivity contribution >= 4 is 35.4 Å². The first-order valence-electron chi connectivity index (χ1n) is 10.7. The molecule has 34 heavy (non-hydrogen) atoms. The molecule has 2 aliphatic rings. The number of benzene rings is 2. The molecule has 2 heterocycles. The van der Waals surface area contributed by atoms with E-state index in [4.69, 9.17) is 4.74 Å². The monoisotopic (exact) mass is 475 g/mol. The second kappa shape index (κ2) is 9.18. The lowest BCUT2D eigenvalue weighted by molar-refractivity contribution is -0.140. The second-order valence-corrected chi connectivity index (χ2v) is 8.98. The predicted molar refractivity (Wildman–Crippen MR) is 128 cm³/mol. The Morgan fingerprint density at radius 3 is 2.38 bits per heavy atom. The molecule has 2 N–H and O–H groups in total. The number of carbonyl (C=O) groups excluding carboxylic acids is 2. The average molecular weight is 476 g/mol. The van der Waals surface area contributed by atoms with E-state index in [-0.39, 0.29) is 29.8 Å². The summed E-state index contributed by atoms with van der Waals surface area (Å²) < 4.78 is 5.56. The Hall–Kier alpha value is -3.85. The van der Waals surface area contributed by atoms with Gasteiger partial charge in [0.15, 0.2) is 5.69 Å². The average Bonchev–Trinajstić information content (AvgIpc) is 3.46. The molecule has 8 nitrogen and oxygen atoms in total. The maximum atomic E-state index is 13.0. The number of amides is 2. The smallest absolute Gasteiger partial charge is 0.411 e. The quantitative estimate of drug-likeness (QED) is 0.573. The number of pyridine rings is 1. The summed E-state index contributed by atoms with van der Waals surface area (Å²) in [6.07, 6.45) is 0.712. The molecule has 1 aliphatic carbocycles. The first-order valence-corrected chi connectivity index (χ1v) is 11.9. The molecule has 2 aromatic carbocycles. The number of nitrogens with one attached hydrogen (secondary N) is 1. The molecule has 1 saturated heterocycles. The lowest BCUT2D eigenvalue weighted by Gasteiger charge is -2.21. The van der Waals surface area contributed by atoms with Crippen molar-refractivity contribution in [3.63, 3.8) is 0 Å². The highest BCUT2D eigenvalue weighted by atomic mass is 32.2. The van der Waals surface area contributed by atoms with E-state index in [1.807, 2.05) is 36.4 Å². The summed E-state index contributed by atoms with van der Waals surface area (Å²) in [6, 6.07) is 18.3. The molecule has 1 atom stereocenters. The van der Waals surface area contributed by atoms with Crippen LogP contribution in [0.4, 0.5) is 10.5 Å². The predicted octanol–water partition coefficient (Wildman–Crippen LogP) is 4.04. The third kappa shape index (κ3) is 3.99. The zero-order valence-corrected chi connectivity index (χ0v) is 18.8. The summed E-state index contributed by atoms with van der Waals surface area (Å²) >= 11 is 1.36. The molecule has 0 saturated carbocycles. The highest BCUT2D eigenvalue weighted by Crippen LogP contribution is 2.44. The number of carboxylic acid groups (broad SMARTS) is 1. The molecule has 0 bridgehead atoms. The number of carboxylic acids is 1. The van der Waals surface area contributed by atoms with Gasteiger partial charge in [-0.1, -0.05) is 48.5 Å². The van der Waals surface area contributed by atoms with E-state index >= 15 is 0 Å². The van der Waals surface area contributed by atoms with Crippen LogP contribution in [0.1, 0.15) is 27.5 Å². The standard InChI is InChI=1S/C25H21N3O5S/c29-23(28-14-34-13-21(28)24(30)31)22-20(10-5-11-26-22)27-25(32)33-12-19-17-8-3-1-6-15(17)16-7-2-4-9-18(16)19/h1-11,19,21H,12-14H2,(H,27,32)(H,30,31)/t21-/m0/s1. The van der Waals surface area contributed by atoms with Crippen molar-refractivity contribution in [1.29, 1.82) is 0 Å². The van der Waals surface area contributed by atoms with E-state index in [0.29, 0.717) is 5.75 Å². The summed E-state index contributed by atoms with van der Waals surface area (Å²) in [4.78, 5) is 42.5. The molecular formula is C25H21N3O5S. The Kier molecular flexibility index (Phi) is 5.93. The van der Waals surface area contributed by atoms with Crippen LogP contribution in [0.2, 0.25) is 0 Å². The summed E-state index contributed by atoms with van der Waals surface area (Å²) in [6.45, 7) is 0.132. The van der Waals surface area contributed by atoms with Crippen LogP contribution in [0.3, 0.4) is 0 Å². The van der Waals surface area contributed by atoms with Gasteiger partial charge in [0.1, 0.15) is 12.6 Å². The molecule has 2 amide bonds. The number of aliphatic carboxylic acids is 1. The Labute approximate surface area is 199 Å². The van der Waals surface area contributed by atoms with Crippen molar-refractivity contribution in [2.75, 3.05) is 23.6 Å². The summed E-state index contributed by atoms with van der Waals surface area (Å²) in [7, 11) is 0. The third-order valence-corrected chi connectivity index (χ3v) is 7.03. The molecule has 172 valence electrons. The lowest BCUT2D eigenvalue weighted by Crippen LogP contribution is -2.42. The molecule has 5 rings (SSSR count). The molecule has 1 aliphatic heterocycles. The Morgan fingerprint density at radius 2 is 1.71 bits per heavy atom. The van der Waals surface area contributed by atoms with Gasteiger partial charge in [-0.3, -0.25) is 10.1 Å². The van der Waals surface area contributed by atoms with E-state index in [0.717, 1.165) is 22.3 Å². The Morgan fingerprint density at radius 1 is 1.03 bits per heavy atom. The number of fused-ring (bicyclic) bond motifs is 3. The van der Waals surface area contributed by atoms with E-state index in [9.17, 15) is 19.5 Å². The van der Waals surface area contributed by atoms with E-state index in [1.165, 1.54) is 22.9 Å². The Bertz CT molecular complexity index is 1240. The van der Waals surface area contributed by atoms with Gasteiger partial charge in [0.05, 0.1) is 11.6 Å². The van der Waals surface area contributed by atoms with Crippen LogP contribution in [0.5, 0.6) is 0 Å². The molecule has 9 heteroatoms. The van der Waals surface area contributed by atoms with Gasteiger partial charge in [-0.05, 0) is 34.4 Å². The number of aromatic nitrogens is 1. The molecule has 1 fully saturated rings. The minimum absolute atomic E-state index is 0.0234. The van der Waals surface area contributed by atoms with E-state index in [2.05, 4.69) is 22.4 Å². The topological polar surface area (TPSA) is 109 Å². The van der Waals surface area contributed by atoms with Crippen LogP contribution < -0.4 is 5.32 Å². The fraction of sp³-hybridized carbons (Fsp3) is 0.200. The SMILES string of the molecule is O=C(Nc1cccnc1C(=O)N1CSC[C@H]1C(=O)O)OCC1c2ccccc2-c2ccccc21. The fourth-order valence-electron chi connectivity index (χ4n) is 4.40. The largest absolute Gasteiger partial charge is 0.480 e. The molecule has 1 aromatic heterocycles. The molecule has 0 radical (unpaired) electrons. The normalized spacial score (nSPS) is 16.6. The maximum Gasteiger partial charge on any atom is 0.411 e. The molecule has 0 spiro atoms. The van der Waals surface area contributed by atoms with Crippen LogP contribution >= 0.6 is 11.8 Å². The van der Waals surface area contributed by atoms with Crippen LogP contribution in [0, 0.1) is 0 Å². The number of thioether (sulfide) groups is 1. The number of anilines is 1. The van der Waals surface area contributed by atoms with Crippen LogP contribution in [-0.4, -0.2) is 57.2 Å². The summed E-state index contributed by atoms with van der Waals surface area (Å²) in [5.74, 6) is -1.15. The number of hydrogen-bond donors (Lipinski definition) is 2. The summed E-state index contributed by atoms with van der Waals surface area (Å²) in [5.41, 5.74) is 4.60. The van der Waals surface area contributed by atoms with Gasteiger partial charge < -0.3 is 14.7 Å². The van der Waals surface area contributed by atoms with Gasteiger partial charge in [-0.25, -0.2) is 14.6 Å². The van der Waals surface area contributed by atoms with Gasteiger partial charge in [-0.15, -0.1) is 11.8 Å². The molecule has 3 aromatic rings. The molecular weight excluding hydrogens is 454 g/mol. The number of ether oxygens (including phenoxy) is 1. The van der Waals surface area contributed by atoms with Gasteiger partial charge in [-0.2, -0.15) is 0 Å². The van der Waals surface area contributed by atoms with Crippen molar-refractivity contribution in [1.82, 2.24) is 9.88 Å². The van der Waals surface area contributed by atoms with Crippen molar-refractivity contribution in [3.8, 4) is 11.1 Å². The number of hydrogen-bond acceptors (Lipinski definition) is 6. The van der Waals surface area contributed by atoms with Crippen molar-refractivity contribution in [3.05, 3.63) is 83.7 Å². The van der Waals surface area contributed by atoms with Crippen molar-refractivity contribution < 1.29 is 24.2 Å². The van der Waals surface area contributed by atoms with Crippen LogP contribution in [-0.2, 0) is 9.53 Å². The zero-order valence-electron chi connectivity index (χ0n) is 18.0. The number of carbonyl (C=O) groups is 3. The summed E-state index contributed by atoms with van der Waals surface area (Å²) in [5, 5.41) is 12.0. The van der Waals surface area contributed by atoms with E-state index < -0.39 is 24.0 Å². The number of nitrogens with zero attached hydrogens (tertiary/aromatic N) is 2. The van der Waals surface area contributed by atoms with E-state index in [1.54, 1.807) is 12.1 Å². The lowest BCUT2D eigenvalue weighted by atomic mass is 9.98. The van der Waals surface area contributed by atoms with Crippen molar-refractivity contribution in [2.45, 2.75) is 12.0 Å². The van der Waals surface area contributed by atoms with Gasteiger partial charge in [0, 0.05) is 17.9 Å². The van der Waals surface area contributed by atoms with Gasteiger partial charge in [0.25, 0.3) is 5.91 Å². The molecule has 0 unspecified atom stereocenters. The van der Waals surface area contributed by atoms with Crippen LogP contribution in [0.25, 0.3) is 11.1 Å². The minimum Gasteiger partial charge on any atom is -0.480 e. The minimum atomic E-state index is -1.07. The van der Waals surface area contributed by atoms with Crippen LogP contribution in [0.15, 0.2) is 66.9 Å². The van der Waals surface area contributed by atoms with Gasteiger partial charge in [0.2, 0.25) is 0 Å². The highest BCUT2D eigenvalue weighted by Gasteiger charge is 2.36. The fourth-order valence-corrected chi connectivity index (χ4v) is 5.55. The zero-order chi connectivity index (χ0) is 23.7. The Balaban J connectivity index is 1.30. The third-order valence-electron chi connectivity index (χ3n) is 6.02. The highest BCUT2D eigenvalue weighted by molar-refractivity contribution is 7.99. The maximum absolute atomic E-state index is 13.0. The first kappa shape index (κ1) is 22.0. The number of rotatable bonds is 5. The van der Waals surface area contributed by atoms with Gasteiger partial charge >= 0.3 is 12.1 Å². The first-order chi connectivity index (χ1) is 16.5. The second-order valence-electron chi connectivity index (χ2n) is 7.98. The van der Waals surface area contributed by atoms with Crippen molar-refractivity contribution in [2.24, 2.45) is 0 Å².